The van der Waals surface area contributed by atoms with Gasteiger partial charge in [0.25, 0.3) is 0 Å². The minimum Gasteiger partial charge on any atom is -0.398 e. The summed E-state index contributed by atoms with van der Waals surface area (Å²) in [6, 6.07) is 3.45. The van der Waals surface area contributed by atoms with Crippen LogP contribution in [0.2, 0.25) is 0 Å². The predicted octanol–water partition coefficient (Wildman–Crippen LogP) is 2.03. The van der Waals surface area contributed by atoms with Crippen molar-refractivity contribution in [3.63, 3.8) is 0 Å². The minimum absolute atomic E-state index is 0.00259. The molecule has 0 radical (unpaired) electrons. The van der Waals surface area contributed by atoms with E-state index in [0.717, 1.165) is 12.0 Å². The fourth-order valence-electron chi connectivity index (χ4n) is 1.35. The van der Waals surface area contributed by atoms with Gasteiger partial charge in [0.1, 0.15) is 0 Å². The highest BCUT2D eigenvalue weighted by Gasteiger charge is 2.07. The molecule has 1 rings (SSSR count). The molecule has 0 heterocycles. The van der Waals surface area contributed by atoms with Crippen LogP contribution in [0, 0.1) is 5.41 Å². The number of aryl methyl sites for hydroxylation is 1. The molecule has 1 aromatic carbocycles. The molecule has 1 aromatic rings. The maximum absolute atomic E-state index is 11.2. The van der Waals surface area contributed by atoms with Crippen molar-refractivity contribution in [2.24, 2.45) is 0 Å². The van der Waals surface area contributed by atoms with Crippen LogP contribution in [0.5, 0.6) is 0 Å². The highest BCUT2D eigenvalue weighted by Crippen LogP contribution is 2.19. The zero-order valence-electron chi connectivity index (χ0n) is 8.42. The van der Waals surface area contributed by atoms with Gasteiger partial charge in [-0.2, -0.15) is 0 Å². The van der Waals surface area contributed by atoms with Crippen LogP contribution in [0.3, 0.4) is 0 Å². The lowest BCUT2D eigenvalue weighted by atomic mass is 10.00. The summed E-state index contributed by atoms with van der Waals surface area (Å²) in [6.45, 7) is 3.49. The maximum atomic E-state index is 11.2. The summed E-state index contributed by atoms with van der Waals surface area (Å²) in [5, 5.41) is 7.18. The number of nitrogens with two attached hydrogens (primary N) is 1. The largest absolute Gasteiger partial charge is 0.398 e. The molecule has 0 bridgehead atoms. The molecular formula is C11H14N2O. The first kappa shape index (κ1) is 10.4. The lowest BCUT2D eigenvalue weighted by Crippen LogP contribution is -2.03. The molecule has 0 amide bonds. The van der Waals surface area contributed by atoms with Crippen LogP contribution in [0.15, 0.2) is 12.1 Å². The third-order valence-corrected chi connectivity index (χ3v) is 2.24. The molecule has 0 aliphatic rings. The van der Waals surface area contributed by atoms with Crippen molar-refractivity contribution < 1.29 is 4.79 Å². The zero-order valence-corrected chi connectivity index (χ0v) is 8.42. The Kier molecular flexibility index (Phi) is 3.02. The molecule has 0 aliphatic heterocycles. The molecule has 0 spiro atoms. The summed E-state index contributed by atoms with van der Waals surface area (Å²) < 4.78 is 0. The number of hydrogen-bond donors (Lipinski definition) is 2. The Balaban J connectivity index is 3.39. The third kappa shape index (κ3) is 1.82. The van der Waals surface area contributed by atoms with Gasteiger partial charge in [-0.1, -0.05) is 6.92 Å². The van der Waals surface area contributed by atoms with Crippen molar-refractivity contribution in [2.45, 2.75) is 20.3 Å². The topological polar surface area (TPSA) is 66.9 Å². The number of Topliss-reactive ketones (excluding diaryl/α,β-unsaturated/α-hetero) is 1. The molecule has 0 aromatic heterocycles. The van der Waals surface area contributed by atoms with Gasteiger partial charge in [-0.15, -0.1) is 0 Å². The second-order valence-electron chi connectivity index (χ2n) is 3.19. The third-order valence-electron chi connectivity index (χ3n) is 2.24. The molecule has 74 valence electrons. The Bertz CT molecular complexity index is 383. The highest BCUT2D eigenvalue weighted by molar-refractivity contribution is 5.98. The number of ketones is 1. The van der Waals surface area contributed by atoms with Gasteiger partial charge in [0.05, 0.1) is 0 Å². The summed E-state index contributed by atoms with van der Waals surface area (Å²) >= 11 is 0. The van der Waals surface area contributed by atoms with Gasteiger partial charge in [-0.3, -0.25) is 4.79 Å². The first-order valence-corrected chi connectivity index (χ1v) is 4.54. The molecule has 3 heteroatoms. The van der Waals surface area contributed by atoms with Gasteiger partial charge in [-0.05, 0) is 31.0 Å². The molecular weight excluding hydrogens is 176 g/mol. The summed E-state index contributed by atoms with van der Waals surface area (Å²) in [7, 11) is 0. The Morgan fingerprint density at radius 3 is 2.64 bits per heavy atom. The molecule has 14 heavy (non-hydrogen) atoms. The first-order valence-electron chi connectivity index (χ1n) is 4.54. The highest BCUT2D eigenvalue weighted by atomic mass is 16.1. The Morgan fingerprint density at radius 1 is 1.57 bits per heavy atom. The van der Waals surface area contributed by atoms with Crippen LogP contribution in [0.25, 0.3) is 0 Å². The van der Waals surface area contributed by atoms with E-state index in [2.05, 4.69) is 0 Å². The number of anilines is 1. The van der Waals surface area contributed by atoms with E-state index in [1.807, 2.05) is 6.92 Å². The molecule has 0 saturated heterocycles. The first-order chi connectivity index (χ1) is 6.60. The van der Waals surface area contributed by atoms with Crippen LogP contribution in [-0.2, 0) is 6.42 Å². The van der Waals surface area contributed by atoms with Crippen molar-refractivity contribution in [3.8, 4) is 0 Å². The van der Waals surface area contributed by atoms with Crippen molar-refractivity contribution in [1.82, 2.24) is 0 Å². The maximum Gasteiger partial charge on any atom is 0.159 e. The number of nitrogen functional groups attached to an aromatic ring is 1. The smallest absolute Gasteiger partial charge is 0.159 e. The Hall–Kier alpha value is -1.64. The lowest BCUT2D eigenvalue weighted by molar-refractivity contribution is 0.101. The average molecular weight is 190 g/mol. The molecule has 0 atom stereocenters. The van der Waals surface area contributed by atoms with E-state index in [9.17, 15) is 4.79 Å². The van der Waals surface area contributed by atoms with Crippen molar-refractivity contribution in [2.75, 3.05) is 5.73 Å². The SMILES string of the molecule is CCc1cc(C(C)=O)cc(C=N)c1N. The number of carbonyl (C=O) groups is 1. The van der Waals surface area contributed by atoms with Crippen LogP contribution >= 0.6 is 0 Å². The number of benzene rings is 1. The van der Waals surface area contributed by atoms with E-state index in [0.29, 0.717) is 16.8 Å². The Labute approximate surface area is 83.4 Å². The second kappa shape index (κ2) is 4.05. The van der Waals surface area contributed by atoms with E-state index >= 15 is 0 Å². The molecule has 0 unspecified atom stereocenters. The van der Waals surface area contributed by atoms with Gasteiger partial charge >= 0.3 is 0 Å². The summed E-state index contributed by atoms with van der Waals surface area (Å²) in [4.78, 5) is 11.2. The number of carbonyl (C=O) groups excluding carboxylic acids is 1. The number of hydrogen-bond acceptors (Lipinski definition) is 3. The summed E-state index contributed by atoms with van der Waals surface area (Å²) in [5.74, 6) is 0.00259. The van der Waals surface area contributed by atoms with Crippen LogP contribution in [0.4, 0.5) is 5.69 Å². The van der Waals surface area contributed by atoms with E-state index < -0.39 is 0 Å². The summed E-state index contributed by atoms with van der Waals surface area (Å²) in [6.07, 6.45) is 1.95. The standard InChI is InChI=1S/C11H14N2O/c1-3-8-4-9(7(2)14)5-10(6-12)11(8)13/h4-6,12H,3,13H2,1-2H3. The second-order valence-corrected chi connectivity index (χ2v) is 3.19. The monoisotopic (exact) mass is 190 g/mol. The predicted molar refractivity (Wildman–Crippen MR) is 58.1 cm³/mol. The van der Waals surface area contributed by atoms with Crippen molar-refractivity contribution in [3.05, 3.63) is 28.8 Å². The number of rotatable bonds is 3. The van der Waals surface area contributed by atoms with Crippen LogP contribution in [0.1, 0.15) is 35.3 Å². The van der Waals surface area contributed by atoms with Gasteiger partial charge in [0, 0.05) is 23.0 Å². The number of nitrogens with one attached hydrogen (secondary N) is 1. The van der Waals surface area contributed by atoms with Gasteiger partial charge in [-0.25, -0.2) is 0 Å². The van der Waals surface area contributed by atoms with Gasteiger partial charge in [0.2, 0.25) is 0 Å². The van der Waals surface area contributed by atoms with Crippen LogP contribution in [-0.4, -0.2) is 12.0 Å². The van der Waals surface area contributed by atoms with E-state index in [4.69, 9.17) is 11.1 Å². The molecule has 0 saturated carbocycles. The zero-order chi connectivity index (χ0) is 10.7. The minimum atomic E-state index is 0.00259. The average Bonchev–Trinajstić information content (AvgIpc) is 2.17. The molecule has 0 fully saturated rings. The fraction of sp³-hybridized carbons (Fsp3) is 0.273. The van der Waals surface area contributed by atoms with Crippen molar-refractivity contribution in [1.29, 1.82) is 5.41 Å². The molecule has 3 nitrogen and oxygen atoms in total. The van der Waals surface area contributed by atoms with Crippen molar-refractivity contribution >= 4 is 17.7 Å². The molecule has 3 N–H and O–H groups in total. The lowest BCUT2D eigenvalue weighted by Gasteiger charge is -2.08. The quantitative estimate of drug-likeness (QED) is 0.435. The van der Waals surface area contributed by atoms with E-state index in [1.54, 1.807) is 12.1 Å². The van der Waals surface area contributed by atoms with Gasteiger partial charge in [0.15, 0.2) is 5.78 Å². The molecule has 0 aliphatic carbocycles. The Morgan fingerprint density at radius 2 is 2.21 bits per heavy atom. The normalized spacial score (nSPS) is 9.86. The summed E-state index contributed by atoms with van der Waals surface area (Å²) in [5.41, 5.74) is 8.58. The van der Waals surface area contributed by atoms with E-state index in [-0.39, 0.29) is 5.78 Å². The van der Waals surface area contributed by atoms with Gasteiger partial charge < -0.3 is 11.1 Å². The van der Waals surface area contributed by atoms with Crippen LogP contribution < -0.4 is 5.73 Å². The van der Waals surface area contributed by atoms with E-state index in [1.165, 1.54) is 13.1 Å². The fourth-order valence-corrected chi connectivity index (χ4v) is 1.35.